The molecule has 3 aromatic carbocycles. The Kier molecular flexibility index (Phi) is 9.02. The average molecular weight is 558 g/mol. The summed E-state index contributed by atoms with van der Waals surface area (Å²) in [7, 11) is 3.87. The van der Waals surface area contributed by atoms with Crippen LogP contribution in [0.25, 0.3) is 10.9 Å². The summed E-state index contributed by atoms with van der Waals surface area (Å²) in [5.41, 5.74) is 2.71. The van der Waals surface area contributed by atoms with Crippen LogP contribution < -0.4 is 20.1 Å². The lowest BCUT2D eigenvalue weighted by atomic mass is 10.1. The smallest absolute Gasteiger partial charge is 0.248 e. The number of carbonyl (C=O) groups is 1. The topological polar surface area (TPSA) is 97.8 Å². The fraction of sp³-hybridized carbons (Fsp3) is 0.258. The minimum Gasteiger partial charge on any atom is -0.489 e. The van der Waals surface area contributed by atoms with Gasteiger partial charge in [-0.2, -0.15) is 0 Å². The molecule has 0 saturated carbocycles. The third-order valence-corrected chi connectivity index (χ3v) is 6.33. The number of fused-ring (bicyclic) bond motifs is 1. The predicted molar refractivity (Wildman–Crippen MR) is 156 cm³/mol. The van der Waals surface area contributed by atoms with E-state index in [9.17, 15) is 9.18 Å². The van der Waals surface area contributed by atoms with Crippen LogP contribution in [-0.2, 0) is 16.1 Å². The van der Waals surface area contributed by atoms with Gasteiger partial charge in [0.1, 0.15) is 42.2 Å². The Balaban J connectivity index is 1.35. The van der Waals surface area contributed by atoms with E-state index in [1.54, 1.807) is 12.1 Å². The Morgan fingerprint density at radius 1 is 1.15 bits per heavy atom. The van der Waals surface area contributed by atoms with Crippen molar-refractivity contribution in [1.82, 2.24) is 14.9 Å². The van der Waals surface area contributed by atoms with E-state index < -0.39 is 0 Å². The number of carbonyl (C=O) groups excluding carboxylic acids is 1. The van der Waals surface area contributed by atoms with Gasteiger partial charge in [-0.05, 0) is 62.1 Å². The van der Waals surface area contributed by atoms with Gasteiger partial charge in [-0.15, -0.1) is 0 Å². The van der Waals surface area contributed by atoms with Crippen molar-refractivity contribution in [1.29, 1.82) is 0 Å². The van der Waals surface area contributed by atoms with Crippen LogP contribution in [0.1, 0.15) is 12.0 Å². The summed E-state index contributed by atoms with van der Waals surface area (Å²) >= 11 is 0. The lowest BCUT2D eigenvalue weighted by Crippen LogP contribution is -2.18. The van der Waals surface area contributed by atoms with Crippen molar-refractivity contribution in [3.63, 3.8) is 0 Å². The molecule has 41 heavy (non-hydrogen) atoms. The molecule has 1 aromatic heterocycles. The SMILES string of the molecule is CN(C)C/C=C/C(=O)Nc1cc2c(Nc3ccc(OCc4cccc(F)c4)cc3)ncnc2cc1O[C@@H]1CCOC1. The van der Waals surface area contributed by atoms with E-state index in [-0.39, 0.29) is 24.4 Å². The van der Waals surface area contributed by atoms with E-state index in [1.807, 2.05) is 61.5 Å². The molecule has 1 aliphatic rings. The summed E-state index contributed by atoms with van der Waals surface area (Å²) in [4.78, 5) is 23.6. The summed E-state index contributed by atoms with van der Waals surface area (Å²) in [6, 6.07) is 17.3. The summed E-state index contributed by atoms with van der Waals surface area (Å²) in [5.74, 6) is 1.18. The van der Waals surface area contributed by atoms with E-state index in [4.69, 9.17) is 14.2 Å². The zero-order valence-corrected chi connectivity index (χ0v) is 23.0. The number of amides is 1. The van der Waals surface area contributed by atoms with Gasteiger partial charge in [-0.25, -0.2) is 14.4 Å². The first-order chi connectivity index (χ1) is 19.9. The second-order valence-corrected chi connectivity index (χ2v) is 9.91. The van der Waals surface area contributed by atoms with Crippen LogP contribution in [0, 0.1) is 5.82 Å². The van der Waals surface area contributed by atoms with E-state index in [0.29, 0.717) is 53.7 Å². The number of nitrogens with zero attached hydrogens (tertiary/aromatic N) is 3. The first-order valence-corrected chi connectivity index (χ1v) is 13.3. The molecule has 212 valence electrons. The molecule has 4 aromatic rings. The summed E-state index contributed by atoms with van der Waals surface area (Å²) in [6.45, 7) is 2.03. The molecule has 0 radical (unpaired) electrons. The van der Waals surface area contributed by atoms with Crippen LogP contribution in [0.3, 0.4) is 0 Å². The van der Waals surface area contributed by atoms with Gasteiger partial charge in [-0.1, -0.05) is 18.2 Å². The summed E-state index contributed by atoms with van der Waals surface area (Å²) in [5, 5.41) is 6.98. The van der Waals surface area contributed by atoms with Crippen molar-refractivity contribution < 1.29 is 23.4 Å². The normalized spacial score (nSPS) is 15.0. The number of halogens is 1. The number of anilines is 3. The lowest BCUT2D eigenvalue weighted by molar-refractivity contribution is -0.111. The molecule has 9 nitrogen and oxygen atoms in total. The van der Waals surface area contributed by atoms with Crippen LogP contribution in [0.15, 0.2) is 79.1 Å². The Morgan fingerprint density at radius 3 is 2.76 bits per heavy atom. The quantitative estimate of drug-likeness (QED) is 0.239. The lowest BCUT2D eigenvalue weighted by Gasteiger charge is -2.17. The maximum atomic E-state index is 13.4. The van der Waals surface area contributed by atoms with Gasteiger partial charge in [-0.3, -0.25) is 4.79 Å². The maximum absolute atomic E-state index is 13.4. The molecule has 0 aliphatic carbocycles. The highest BCUT2D eigenvalue weighted by molar-refractivity contribution is 6.03. The number of likely N-dealkylation sites (N-methyl/N-ethyl adjacent to an activating group) is 1. The zero-order valence-electron chi connectivity index (χ0n) is 23.0. The Labute approximate surface area is 238 Å². The van der Waals surface area contributed by atoms with E-state index in [2.05, 4.69) is 20.6 Å². The highest BCUT2D eigenvalue weighted by Crippen LogP contribution is 2.35. The van der Waals surface area contributed by atoms with Crippen molar-refractivity contribution >= 4 is 34.0 Å². The van der Waals surface area contributed by atoms with Crippen molar-refractivity contribution in [3.05, 3.63) is 90.5 Å². The van der Waals surface area contributed by atoms with Crippen LogP contribution >= 0.6 is 0 Å². The van der Waals surface area contributed by atoms with Crippen LogP contribution in [0.5, 0.6) is 11.5 Å². The fourth-order valence-corrected chi connectivity index (χ4v) is 4.27. The average Bonchev–Trinajstić information content (AvgIpc) is 3.46. The molecule has 0 bridgehead atoms. The zero-order chi connectivity index (χ0) is 28.6. The molecular formula is C31H32FN5O4. The van der Waals surface area contributed by atoms with Crippen molar-refractivity contribution in [2.45, 2.75) is 19.1 Å². The Hall–Kier alpha value is -4.54. The minimum atomic E-state index is -0.294. The van der Waals surface area contributed by atoms with Crippen LogP contribution in [0.4, 0.5) is 21.6 Å². The highest BCUT2D eigenvalue weighted by Gasteiger charge is 2.20. The molecule has 1 aliphatic heterocycles. The maximum Gasteiger partial charge on any atom is 0.248 e. The predicted octanol–water partition coefficient (Wildman–Crippen LogP) is 5.32. The van der Waals surface area contributed by atoms with Gasteiger partial charge < -0.3 is 29.7 Å². The van der Waals surface area contributed by atoms with Gasteiger partial charge in [0.2, 0.25) is 5.91 Å². The number of hydrogen-bond donors (Lipinski definition) is 2. The molecule has 0 spiro atoms. The molecule has 10 heteroatoms. The highest BCUT2D eigenvalue weighted by atomic mass is 19.1. The molecule has 0 unspecified atom stereocenters. The van der Waals surface area contributed by atoms with Crippen molar-refractivity contribution in [2.75, 3.05) is 44.5 Å². The third-order valence-electron chi connectivity index (χ3n) is 6.33. The molecule has 1 atom stereocenters. The van der Waals surface area contributed by atoms with Gasteiger partial charge in [0.05, 0.1) is 24.4 Å². The van der Waals surface area contributed by atoms with Crippen LogP contribution in [0.2, 0.25) is 0 Å². The number of rotatable bonds is 11. The second-order valence-electron chi connectivity index (χ2n) is 9.91. The molecular weight excluding hydrogens is 525 g/mol. The molecule has 2 heterocycles. The molecule has 2 N–H and O–H groups in total. The number of aromatic nitrogens is 2. The standard InChI is InChI=1S/C31H32FN5O4/c1-37(2)13-4-7-30(38)36-28-16-26-27(17-29(28)41-25-12-14-39-19-25)33-20-34-31(26)35-23-8-10-24(11-9-23)40-18-21-5-3-6-22(32)15-21/h3-11,15-17,20,25H,12-14,18-19H2,1-2H3,(H,36,38)(H,33,34,35)/b7-4+/t25-/m1/s1. The molecule has 1 saturated heterocycles. The summed E-state index contributed by atoms with van der Waals surface area (Å²) < 4.78 is 30.9. The van der Waals surface area contributed by atoms with Crippen LogP contribution in [-0.4, -0.2) is 60.7 Å². The Morgan fingerprint density at radius 2 is 2.00 bits per heavy atom. The van der Waals surface area contributed by atoms with Gasteiger partial charge in [0.15, 0.2) is 0 Å². The minimum absolute atomic E-state index is 0.103. The van der Waals surface area contributed by atoms with Gasteiger partial charge >= 0.3 is 0 Å². The van der Waals surface area contributed by atoms with Crippen molar-refractivity contribution in [3.8, 4) is 11.5 Å². The molecule has 5 rings (SSSR count). The summed E-state index contributed by atoms with van der Waals surface area (Å²) in [6.07, 6.45) is 5.45. The largest absolute Gasteiger partial charge is 0.489 e. The van der Waals surface area contributed by atoms with E-state index >= 15 is 0 Å². The molecule has 1 fully saturated rings. The fourth-order valence-electron chi connectivity index (χ4n) is 4.27. The number of nitrogens with one attached hydrogen (secondary N) is 2. The molecule has 1 amide bonds. The van der Waals surface area contributed by atoms with E-state index in [1.165, 1.54) is 24.5 Å². The second kappa shape index (κ2) is 13.2. The van der Waals surface area contributed by atoms with Gasteiger partial charge in [0, 0.05) is 36.2 Å². The first-order valence-electron chi connectivity index (χ1n) is 13.3. The first kappa shape index (κ1) is 28.0. The number of benzene rings is 3. The third kappa shape index (κ3) is 7.77. The van der Waals surface area contributed by atoms with Gasteiger partial charge in [0.25, 0.3) is 0 Å². The van der Waals surface area contributed by atoms with Crippen molar-refractivity contribution in [2.24, 2.45) is 0 Å². The van der Waals surface area contributed by atoms with E-state index in [0.717, 1.165) is 17.7 Å². The monoisotopic (exact) mass is 557 g/mol. The number of ether oxygens (including phenoxy) is 3. The Bertz CT molecular complexity index is 1520. The number of hydrogen-bond acceptors (Lipinski definition) is 8.